The highest BCUT2D eigenvalue weighted by Crippen LogP contribution is 2.20. The number of benzene rings is 1. The lowest BCUT2D eigenvalue weighted by molar-refractivity contribution is -0.111. The van der Waals surface area contributed by atoms with Gasteiger partial charge in [0.15, 0.2) is 0 Å². The molecule has 2 saturated heterocycles. The van der Waals surface area contributed by atoms with Gasteiger partial charge < -0.3 is 15.0 Å². The molecule has 2 atom stereocenters. The van der Waals surface area contributed by atoms with Gasteiger partial charge in [-0.25, -0.2) is 13.2 Å². The Balaban J connectivity index is 1.56. The van der Waals surface area contributed by atoms with Crippen LogP contribution in [0.5, 0.6) is 0 Å². The lowest BCUT2D eigenvalue weighted by Crippen LogP contribution is -2.62. The van der Waals surface area contributed by atoms with Crippen LogP contribution in [0.2, 0.25) is 0 Å². The van der Waals surface area contributed by atoms with Crippen molar-refractivity contribution in [3.8, 4) is 0 Å². The molecule has 3 rings (SSSR count). The molecular weight excluding hydrogens is 318 g/mol. The molecule has 1 aromatic rings. The molecule has 2 aliphatic heterocycles. The Morgan fingerprint density at radius 1 is 1.17 bits per heavy atom. The van der Waals surface area contributed by atoms with E-state index in [9.17, 15) is 13.2 Å². The first-order valence-electron chi connectivity index (χ1n) is 7.59. The molecule has 0 aromatic heterocycles. The number of morpholine rings is 2. The maximum absolute atomic E-state index is 12.3. The molecule has 2 amide bonds. The topological polar surface area (TPSA) is 79.0 Å². The molecule has 2 heterocycles. The van der Waals surface area contributed by atoms with Crippen LogP contribution in [0.1, 0.15) is 5.56 Å². The normalized spacial score (nSPS) is 25.2. The number of carbonyl (C=O) groups excluding carboxylic acids is 1. The van der Waals surface area contributed by atoms with E-state index in [-0.39, 0.29) is 18.2 Å². The van der Waals surface area contributed by atoms with E-state index in [4.69, 9.17) is 4.74 Å². The van der Waals surface area contributed by atoms with Crippen LogP contribution in [0, 0.1) is 0 Å². The van der Waals surface area contributed by atoms with Crippen molar-refractivity contribution in [2.75, 3.05) is 32.4 Å². The Morgan fingerprint density at radius 3 is 2.35 bits per heavy atom. The van der Waals surface area contributed by atoms with E-state index in [1.54, 1.807) is 4.90 Å². The molecule has 1 N–H and O–H groups in total. The number of fused-ring (bicyclic) bond motifs is 2. The first-order chi connectivity index (χ1) is 10.9. The molecule has 126 valence electrons. The van der Waals surface area contributed by atoms with Crippen LogP contribution in [0.4, 0.5) is 4.79 Å². The fourth-order valence-corrected chi connectivity index (χ4v) is 3.85. The summed E-state index contributed by atoms with van der Waals surface area (Å²) in [6.07, 6.45) is 0.678. The van der Waals surface area contributed by atoms with Gasteiger partial charge in [-0.2, -0.15) is 4.31 Å². The molecule has 0 aliphatic carbocycles. The highest BCUT2D eigenvalue weighted by Gasteiger charge is 2.39. The highest BCUT2D eigenvalue weighted by atomic mass is 32.2. The first-order valence-corrected chi connectivity index (χ1v) is 9.44. The second-order valence-corrected chi connectivity index (χ2v) is 7.99. The van der Waals surface area contributed by atoms with Crippen molar-refractivity contribution in [1.82, 2.24) is 14.5 Å². The Kier molecular flexibility index (Phi) is 4.56. The Morgan fingerprint density at radius 2 is 1.78 bits per heavy atom. The average Bonchev–Trinajstić information content (AvgIpc) is 2.51. The van der Waals surface area contributed by atoms with Gasteiger partial charge in [-0.1, -0.05) is 30.3 Å². The smallest absolute Gasteiger partial charge is 0.317 e. The summed E-state index contributed by atoms with van der Waals surface area (Å²) in [6.45, 7) is 1.89. The molecule has 8 heteroatoms. The van der Waals surface area contributed by atoms with Crippen molar-refractivity contribution < 1.29 is 17.9 Å². The van der Waals surface area contributed by atoms with Crippen molar-refractivity contribution in [2.24, 2.45) is 0 Å². The number of sulfonamides is 1. The van der Waals surface area contributed by atoms with Gasteiger partial charge in [0.2, 0.25) is 10.0 Å². The van der Waals surface area contributed by atoms with Crippen molar-refractivity contribution in [3.05, 3.63) is 35.9 Å². The van der Waals surface area contributed by atoms with Gasteiger partial charge in [0.1, 0.15) is 0 Å². The summed E-state index contributed by atoms with van der Waals surface area (Å²) >= 11 is 0. The van der Waals surface area contributed by atoms with Crippen LogP contribution in [-0.4, -0.2) is 68.3 Å². The van der Waals surface area contributed by atoms with E-state index >= 15 is 0 Å². The Bertz CT molecular complexity index is 651. The van der Waals surface area contributed by atoms with E-state index in [0.717, 1.165) is 5.56 Å². The number of nitrogens with one attached hydrogen (secondary N) is 1. The zero-order chi connectivity index (χ0) is 16.4. The van der Waals surface area contributed by atoms with Gasteiger partial charge >= 0.3 is 6.03 Å². The summed E-state index contributed by atoms with van der Waals surface area (Å²) < 4.78 is 30.5. The summed E-state index contributed by atoms with van der Waals surface area (Å²) in [7, 11) is -3.22. The van der Waals surface area contributed by atoms with Gasteiger partial charge in [-0.3, -0.25) is 0 Å². The van der Waals surface area contributed by atoms with Crippen LogP contribution in [-0.2, 0) is 21.3 Å². The largest absolute Gasteiger partial charge is 0.369 e. The number of rotatable bonds is 3. The third-order valence-electron chi connectivity index (χ3n) is 4.09. The third-order valence-corrected chi connectivity index (χ3v) is 5.33. The zero-order valence-corrected chi connectivity index (χ0v) is 13.8. The molecule has 1 aromatic carbocycles. The van der Waals surface area contributed by atoms with Crippen LogP contribution in [0.15, 0.2) is 30.3 Å². The van der Waals surface area contributed by atoms with E-state index < -0.39 is 10.0 Å². The third kappa shape index (κ3) is 4.01. The number of hydrogen-bond donors (Lipinski definition) is 1. The minimum Gasteiger partial charge on any atom is -0.369 e. The molecule has 0 unspecified atom stereocenters. The number of ether oxygens (including phenoxy) is 1. The van der Waals surface area contributed by atoms with Crippen LogP contribution in [0.25, 0.3) is 0 Å². The predicted molar refractivity (Wildman–Crippen MR) is 85.3 cm³/mol. The van der Waals surface area contributed by atoms with E-state index in [1.807, 2.05) is 30.3 Å². The molecule has 2 fully saturated rings. The van der Waals surface area contributed by atoms with Gasteiger partial charge in [0.05, 0.1) is 31.6 Å². The zero-order valence-electron chi connectivity index (χ0n) is 13.0. The van der Waals surface area contributed by atoms with Gasteiger partial charge in [0, 0.05) is 19.6 Å². The van der Waals surface area contributed by atoms with Crippen molar-refractivity contribution in [2.45, 2.75) is 18.8 Å². The molecule has 23 heavy (non-hydrogen) atoms. The Labute approximate surface area is 136 Å². The molecule has 2 bridgehead atoms. The van der Waals surface area contributed by atoms with Crippen LogP contribution >= 0.6 is 0 Å². The molecule has 0 spiro atoms. The number of hydrogen-bond acceptors (Lipinski definition) is 4. The van der Waals surface area contributed by atoms with Crippen LogP contribution < -0.4 is 5.32 Å². The molecular formula is C15H21N3O4S. The quantitative estimate of drug-likeness (QED) is 0.856. The van der Waals surface area contributed by atoms with Gasteiger partial charge in [-0.15, -0.1) is 0 Å². The monoisotopic (exact) mass is 339 g/mol. The summed E-state index contributed by atoms with van der Waals surface area (Å²) in [5.41, 5.74) is 1.04. The predicted octanol–water partition coefficient (Wildman–Crippen LogP) is 0.241. The lowest BCUT2D eigenvalue weighted by atomic mass is 10.1. The highest BCUT2D eigenvalue weighted by molar-refractivity contribution is 7.88. The van der Waals surface area contributed by atoms with E-state index in [0.29, 0.717) is 32.7 Å². The van der Waals surface area contributed by atoms with Gasteiger partial charge in [0.25, 0.3) is 0 Å². The maximum Gasteiger partial charge on any atom is 0.317 e. The van der Waals surface area contributed by atoms with Crippen molar-refractivity contribution in [1.29, 1.82) is 0 Å². The summed E-state index contributed by atoms with van der Waals surface area (Å²) in [4.78, 5) is 14.0. The summed E-state index contributed by atoms with van der Waals surface area (Å²) in [5.74, 6) is 0. The second-order valence-electron chi connectivity index (χ2n) is 6.01. The minimum atomic E-state index is -3.22. The number of urea groups is 1. The van der Waals surface area contributed by atoms with Crippen molar-refractivity contribution >= 4 is 16.1 Å². The lowest BCUT2D eigenvalue weighted by Gasteiger charge is -2.44. The van der Waals surface area contributed by atoms with E-state index in [2.05, 4.69) is 5.32 Å². The van der Waals surface area contributed by atoms with Gasteiger partial charge in [-0.05, 0) is 5.56 Å². The summed E-state index contributed by atoms with van der Waals surface area (Å²) in [6, 6.07) is 9.57. The molecule has 7 nitrogen and oxygen atoms in total. The second kappa shape index (κ2) is 6.46. The minimum absolute atomic E-state index is 0.139. The maximum atomic E-state index is 12.3. The molecule has 0 saturated carbocycles. The average molecular weight is 339 g/mol. The SMILES string of the molecule is CS(=O)(=O)N1C[C@H]2CN(C(=O)NCc3ccccc3)C[C@@H](C1)O2. The Hall–Kier alpha value is -1.64. The summed E-state index contributed by atoms with van der Waals surface area (Å²) in [5, 5.41) is 2.90. The first kappa shape index (κ1) is 16.2. The number of nitrogens with zero attached hydrogens (tertiary/aromatic N) is 2. The fourth-order valence-electron chi connectivity index (χ4n) is 2.98. The van der Waals surface area contributed by atoms with E-state index in [1.165, 1.54) is 10.6 Å². The van der Waals surface area contributed by atoms with Crippen molar-refractivity contribution in [3.63, 3.8) is 0 Å². The standard InChI is InChI=1S/C15H21N3O4S/c1-23(20,21)18-10-13-8-17(9-14(11-18)22-13)15(19)16-7-12-5-3-2-4-6-12/h2-6,13-14H,7-11H2,1H3,(H,16,19)/t13-,14+. The number of carbonyl (C=O) groups is 1. The number of amides is 2. The molecule has 2 aliphatic rings. The molecule has 0 radical (unpaired) electrons. The van der Waals surface area contributed by atoms with Crippen LogP contribution in [0.3, 0.4) is 0 Å². The fraction of sp³-hybridized carbons (Fsp3) is 0.533.